The Morgan fingerprint density at radius 2 is 1.97 bits per heavy atom. The Balaban J connectivity index is 1.71. The Kier molecular flexibility index (Phi) is 5.29. The van der Waals surface area contributed by atoms with Crippen molar-refractivity contribution >= 4 is 44.6 Å². The van der Waals surface area contributed by atoms with Crippen LogP contribution in [0.15, 0.2) is 41.4 Å². The van der Waals surface area contributed by atoms with E-state index in [0.717, 1.165) is 22.4 Å². The molecule has 30 heavy (non-hydrogen) atoms. The minimum Gasteiger partial charge on any atom is -0.465 e. The number of benzene rings is 1. The molecule has 1 saturated heterocycles. The third-order valence-corrected chi connectivity index (χ3v) is 6.94. The molecule has 0 bridgehead atoms. The zero-order chi connectivity index (χ0) is 21.5. The molecule has 0 spiro atoms. The topological polar surface area (TPSA) is 117 Å². The lowest BCUT2D eigenvalue weighted by Gasteiger charge is -2.31. The molecular weight excluding hydrogens is 430 g/mol. The molecule has 158 valence electrons. The Hall–Kier alpha value is -2.85. The molecule has 2 aromatic heterocycles. The van der Waals surface area contributed by atoms with E-state index in [-0.39, 0.29) is 21.9 Å². The summed E-state index contributed by atoms with van der Waals surface area (Å²) in [5, 5.41) is 12.8. The zero-order valence-electron chi connectivity index (χ0n) is 16.1. The van der Waals surface area contributed by atoms with Gasteiger partial charge in [-0.25, -0.2) is 22.2 Å². The molecule has 1 atom stereocenters. The highest BCUT2D eigenvalue weighted by Gasteiger charge is 2.26. The Morgan fingerprint density at radius 1 is 1.23 bits per heavy atom. The summed E-state index contributed by atoms with van der Waals surface area (Å²) in [6.45, 7) is 2.67. The summed E-state index contributed by atoms with van der Waals surface area (Å²) in [5.74, 6) is 0.375. The van der Waals surface area contributed by atoms with Crippen molar-refractivity contribution in [3.05, 3.63) is 47.4 Å². The van der Waals surface area contributed by atoms with Crippen LogP contribution < -0.4 is 5.32 Å². The van der Waals surface area contributed by atoms with E-state index < -0.39 is 16.1 Å². The van der Waals surface area contributed by atoms with Crippen LogP contribution in [0.1, 0.15) is 18.4 Å². The van der Waals surface area contributed by atoms with Crippen LogP contribution in [0.25, 0.3) is 11.0 Å². The second-order valence-corrected chi connectivity index (χ2v) is 9.37. The third kappa shape index (κ3) is 3.80. The molecule has 1 fully saturated rings. The number of nitrogens with one attached hydrogen (secondary N) is 1. The number of halogens is 1. The van der Waals surface area contributed by atoms with Crippen LogP contribution in [0.4, 0.5) is 10.6 Å². The van der Waals surface area contributed by atoms with Gasteiger partial charge in [0.1, 0.15) is 5.82 Å². The van der Waals surface area contributed by atoms with E-state index >= 15 is 0 Å². The lowest BCUT2D eigenvalue weighted by atomic mass is 10.1. The maximum Gasteiger partial charge on any atom is 0.407 e. The van der Waals surface area contributed by atoms with E-state index in [4.69, 9.17) is 11.6 Å². The van der Waals surface area contributed by atoms with Gasteiger partial charge in [-0.05, 0) is 49.6 Å². The highest BCUT2D eigenvalue weighted by molar-refractivity contribution is 7.90. The van der Waals surface area contributed by atoms with E-state index in [1.807, 2.05) is 6.92 Å². The number of likely N-dealkylation sites (tertiary alicyclic amines) is 1. The highest BCUT2D eigenvalue weighted by atomic mass is 35.5. The van der Waals surface area contributed by atoms with Crippen LogP contribution in [0.5, 0.6) is 0 Å². The minimum atomic E-state index is -3.87. The van der Waals surface area contributed by atoms with Crippen molar-refractivity contribution in [2.24, 2.45) is 0 Å². The van der Waals surface area contributed by atoms with Crippen molar-refractivity contribution < 1.29 is 18.3 Å². The number of anilines is 1. The largest absolute Gasteiger partial charge is 0.465 e. The number of rotatable bonds is 4. The molecule has 4 rings (SSSR count). The molecule has 2 N–H and O–H groups in total. The van der Waals surface area contributed by atoms with Gasteiger partial charge in [0.15, 0.2) is 5.65 Å². The number of hydrogen-bond acceptors (Lipinski definition) is 6. The maximum absolute atomic E-state index is 13.1. The molecule has 1 aromatic carbocycles. The molecule has 3 aromatic rings. The quantitative estimate of drug-likeness (QED) is 0.587. The Morgan fingerprint density at radius 3 is 2.67 bits per heavy atom. The van der Waals surface area contributed by atoms with E-state index in [0.29, 0.717) is 24.3 Å². The Labute approximate surface area is 178 Å². The second kappa shape index (κ2) is 7.77. The summed E-state index contributed by atoms with van der Waals surface area (Å²) in [6, 6.07) is 7.98. The van der Waals surface area contributed by atoms with Crippen LogP contribution in [-0.2, 0) is 10.0 Å². The van der Waals surface area contributed by atoms with Crippen molar-refractivity contribution in [1.82, 2.24) is 18.8 Å². The summed E-state index contributed by atoms with van der Waals surface area (Å²) >= 11 is 6.09. The molecule has 9 nitrogen and oxygen atoms in total. The van der Waals surface area contributed by atoms with Crippen molar-refractivity contribution in [3.63, 3.8) is 0 Å². The summed E-state index contributed by atoms with van der Waals surface area (Å²) in [5.41, 5.74) is 1.11. The molecule has 0 saturated carbocycles. The normalized spacial score (nSPS) is 17.3. The summed E-state index contributed by atoms with van der Waals surface area (Å²) < 4.78 is 27.3. The maximum atomic E-state index is 13.1. The van der Waals surface area contributed by atoms with Crippen molar-refractivity contribution in [3.8, 4) is 0 Å². The average molecular weight is 450 g/mol. The first-order chi connectivity index (χ1) is 14.3. The van der Waals surface area contributed by atoms with E-state index in [1.54, 1.807) is 30.3 Å². The predicted octanol–water partition coefficient (Wildman–Crippen LogP) is 3.18. The standard InChI is InChI=1S/C19H20ClN5O4S/c1-12-4-6-14(7-5-12)30(28,29)25-10-8-15-16(22-18(20)23-17(15)25)21-13-3-2-9-24(11-13)19(26)27/h4-8,10,13H,2-3,9,11H2,1H3,(H,26,27)(H,21,22,23)/t13-/m1/s1. The molecule has 0 unspecified atom stereocenters. The number of piperidine rings is 1. The van der Waals surface area contributed by atoms with Gasteiger partial charge in [0.05, 0.1) is 10.3 Å². The number of carbonyl (C=O) groups is 1. The van der Waals surface area contributed by atoms with Crippen molar-refractivity contribution in [1.29, 1.82) is 0 Å². The predicted molar refractivity (Wildman–Crippen MR) is 113 cm³/mol. The number of fused-ring (bicyclic) bond motifs is 1. The molecule has 11 heteroatoms. The fourth-order valence-corrected chi connectivity index (χ4v) is 5.01. The van der Waals surface area contributed by atoms with Gasteiger partial charge in [0, 0.05) is 25.3 Å². The van der Waals surface area contributed by atoms with Crippen LogP contribution >= 0.6 is 11.6 Å². The van der Waals surface area contributed by atoms with Crippen molar-refractivity contribution in [2.75, 3.05) is 18.4 Å². The second-order valence-electron chi connectivity index (χ2n) is 7.22. The Bertz CT molecular complexity index is 1210. The van der Waals surface area contributed by atoms with Gasteiger partial charge < -0.3 is 15.3 Å². The average Bonchev–Trinajstić information content (AvgIpc) is 3.13. The smallest absolute Gasteiger partial charge is 0.407 e. The van der Waals surface area contributed by atoms with Crippen LogP contribution in [0.3, 0.4) is 0 Å². The number of nitrogens with zero attached hydrogens (tertiary/aromatic N) is 4. The molecular formula is C19H20ClN5O4S. The number of carboxylic acid groups (broad SMARTS) is 1. The van der Waals surface area contributed by atoms with Crippen molar-refractivity contribution in [2.45, 2.75) is 30.7 Å². The minimum absolute atomic E-state index is 0.102. The van der Waals surface area contributed by atoms with Gasteiger partial charge >= 0.3 is 6.09 Å². The lowest BCUT2D eigenvalue weighted by Crippen LogP contribution is -2.44. The van der Waals surface area contributed by atoms with Gasteiger partial charge in [0.2, 0.25) is 5.28 Å². The van der Waals surface area contributed by atoms with Crippen LogP contribution in [0.2, 0.25) is 5.28 Å². The number of amides is 1. The van der Waals surface area contributed by atoms with E-state index in [2.05, 4.69) is 15.3 Å². The first kappa shape index (κ1) is 20.4. The first-order valence-corrected chi connectivity index (χ1v) is 11.2. The number of aryl methyl sites for hydroxylation is 1. The van der Waals surface area contributed by atoms with E-state index in [9.17, 15) is 18.3 Å². The monoisotopic (exact) mass is 449 g/mol. The van der Waals surface area contributed by atoms with Crippen LogP contribution in [0, 0.1) is 6.92 Å². The van der Waals surface area contributed by atoms with Gasteiger partial charge in [-0.1, -0.05) is 17.7 Å². The summed E-state index contributed by atoms with van der Waals surface area (Å²) in [4.78, 5) is 21.1. The fraction of sp³-hybridized carbons (Fsp3) is 0.316. The lowest BCUT2D eigenvalue weighted by molar-refractivity contribution is 0.133. The van der Waals surface area contributed by atoms with Crippen LogP contribution in [-0.4, -0.2) is 57.6 Å². The first-order valence-electron chi connectivity index (χ1n) is 9.37. The van der Waals surface area contributed by atoms with Gasteiger partial charge in [-0.15, -0.1) is 0 Å². The van der Waals surface area contributed by atoms with Gasteiger partial charge in [-0.2, -0.15) is 4.98 Å². The SMILES string of the molecule is Cc1ccc(S(=O)(=O)n2ccc3c(N[C@@H]4CCCN(C(=O)O)C4)nc(Cl)nc32)cc1. The summed E-state index contributed by atoms with van der Waals surface area (Å²) in [7, 11) is -3.87. The highest BCUT2D eigenvalue weighted by Crippen LogP contribution is 2.28. The van der Waals surface area contributed by atoms with Gasteiger partial charge in [0.25, 0.3) is 10.0 Å². The zero-order valence-corrected chi connectivity index (χ0v) is 17.7. The molecule has 1 aliphatic heterocycles. The molecule has 3 heterocycles. The van der Waals surface area contributed by atoms with E-state index in [1.165, 1.54) is 11.1 Å². The molecule has 0 radical (unpaired) electrons. The molecule has 1 aliphatic rings. The number of hydrogen-bond donors (Lipinski definition) is 2. The third-order valence-electron chi connectivity index (χ3n) is 5.09. The summed E-state index contributed by atoms with van der Waals surface area (Å²) in [6.07, 6.45) is 1.92. The molecule has 0 aliphatic carbocycles. The number of aromatic nitrogens is 3. The fourth-order valence-electron chi connectivity index (χ4n) is 3.56. The van der Waals surface area contributed by atoms with Gasteiger partial charge in [-0.3, -0.25) is 0 Å². The molecule has 1 amide bonds.